The largest absolute Gasteiger partial charge is 0.330 e. The Morgan fingerprint density at radius 3 is 2.64 bits per heavy atom. The van der Waals surface area contributed by atoms with E-state index in [0.29, 0.717) is 0 Å². The molecule has 3 nitrogen and oxygen atoms in total. The number of aromatic nitrogens is 2. The Morgan fingerprint density at radius 1 is 1.45 bits per heavy atom. The van der Waals surface area contributed by atoms with Crippen LogP contribution < -0.4 is 5.73 Å². The van der Waals surface area contributed by atoms with Gasteiger partial charge in [0.25, 0.3) is 0 Å². The summed E-state index contributed by atoms with van der Waals surface area (Å²) in [6.45, 7) is 4.82. The smallest absolute Gasteiger partial charge is 0.0625 e. The van der Waals surface area contributed by atoms with E-state index in [1.165, 1.54) is 11.3 Å². The van der Waals surface area contributed by atoms with Crippen molar-refractivity contribution < 1.29 is 0 Å². The molecule has 0 atom stereocenters. The normalized spacial score (nSPS) is 10.5. The number of hydrogen-bond acceptors (Lipinski definition) is 2. The monoisotopic (exact) mass is 153 g/mol. The van der Waals surface area contributed by atoms with Gasteiger partial charge in [0.1, 0.15) is 0 Å². The van der Waals surface area contributed by atoms with E-state index in [0.717, 1.165) is 25.1 Å². The summed E-state index contributed by atoms with van der Waals surface area (Å²) in [7, 11) is 0. The van der Waals surface area contributed by atoms with Crippen molar-refractivity contribution >= 4 is 0 Å². The van der Waals surface area contributed by atoms with Crippen LogP contribution >= 0.6 is 0 Å². The molecule has 0 fully saturated rings. The number of aromatic amines is 1. The van der Waals surface area contributed by atoms with E-state index in [-0.39, 0.29) is 0 Å². The van der Waals surface area contributed by atoms with Gasteiger partial charge in [0.2, 0.25) is 0 Å². The van der Waals surface area contributed by atoms with Crippen molar-refractivity contribution in [3.63, 3.8) is 0 Å². The van der Waals surface area contributed by atoms with Crippen LogP contribution in [-0.4, -0.2) is 16.7 Å². The number of nitrogens with zero attached hydrogens (tertiary/aromatic N) is 1. The Hall–Kier alpha value is -0.830. The molecule has 1 aromatic rings. The van der Waals surface area contributed by atoms with Crippen LogP contribution in [0.4, 0.5) is 0 Å². The van der Waals surface area contributed by atoms with Crippen LogP contribution in [0.2, 0.25) is 0 Å². The summed E-state index contributed by atoms with van der Waals surface area (Å²) in [6, 6.07) is 0. The third kappa shape index (κ3) is 1.80. The average molecular weight is 153 g/mol. The summed E-state index contributed by atoms with van der Waals surface area (Å²) in [5.41, 5.74) is 9.03. The minimum Gasteiger partial charge on any atom is -0.330 e. The van der Waals surface area contributed by atoms with Crippen molar-refractivity contribution in [2.75, 3.05) is 6.54 Å². The number of H-pyrrole nitrogens is 1. The predicted octanol–water partition coefficient (Wildman–Crippen LogP) is 0.918. The average Bonchev–Trinajstić information content (AvgIpc) is 2.29. The SMILES string of the molecule is Cc1n[nH]c(C)c1CCCN. The van der Waals surface area contributed by atoms with Gasteiger partial charge in [-0.25, -0.2) is 0 Å². The molecule has 0 aliphatic carbocycles. The molecule has 0 saturated heterocycles. The number of rotatable bonds is 3. The number of nitrogens with two attached hydrogens (primary N) is 1. The summed E-state index contributed by atoms with van der Waals surface area (Å²) in [4.78, 5) is 0. The van der Waals surface area contributed by atoms with E-state index < -0.39 is 0 Å². The standard InChI is InChI=1S/C8H15N3/c1-6-8(4-3-5-9)7(2)11-10-6/h3-5,9H2,1-2H3,(H,10,11). The van der Waals surface area contributed by atoms with Crippen molar-refractivity contribution in [1.29, 1.82) is 0 Å². The molecule has 0 aliphatic heterocycles. The van der Waals surface area contributed by atoms with Crippen LogP contribution in [0.1, 0.15) is 23.4 Å². The third-order valence-corrected chi connectivity index (χ3v) is 1.91. The van der Waals surface area contributed by atoms with Gasteiger partial charge in [-0.05, 0) is 38.8 Å². The Bertz CT molecular complexity index is 208. The summed E-state index contributed by atoms with van der Waals surface area (Å²) in [5, 5.41) is 7.06. The fraction of sp³-hybridized carbons (Fsp3) is 0.625. The summed E-state index contributed by atoms with van der Waals surface area (Å²) in [6.07, 6.45) is 2.09. The van der Waals surface area contributed by atoms with Crippen molar-refractivity contribution in [2.45, 2.75) is 26.7 Å². The minimum absolute atomic E-state index is 0.754. The highest BCUT2D eigenvalue weighted by atomic mass is 15.1. The molecule has 0 radical (unpaired) electrons. The van der Waals surface area contributed by atoms with Crippen LogP contribution in [0.3, 0.4) is 0 Å². The number of nitrogens with one attached hydrogen (secondary N) is 1. The van der Waals surface area contributed by atoms with E-state index in [2.05, 4.69) is 10.2 Å². The second-order valence-electron chi connectivity index (χ2n) is 2.80. The molecule has 0 aliphatic rings. The minimum atomic E-state index is 0.754. The van der Waals surface area contributed by atoms with Crippen molar-refractivity contribution in [3.8, 4) is 0 Å². The van der Waals surface area contributed by atoms with E-state index >= 15 is 0 Å². The Kier molecular flexibility index (Phi) is 2.65. The van der Waals surface area contributed by atoms with Gasteiger partial charge in [-0.3, -0.25) is 5.10 Å². The highest BCUT2D eigenvalue weighted by molar-refractivity contribution is 5.22. The molecule has 0 unspecified atom stereocenters. The molecule has 0 spiro atoms. The molecule has 1 heterocycles. The quantitative estimate of drug-likeness (QED) is 0.678. The van der Waals surface area contributed by atoms with E-state index in [4.69, 9.17) is 5.73 Å². The first-order chi connectivity index (χ1) is 5.25. The van der Waals surface area contributed by atoms with Gasteiger partial charge in [-0.1, -0.05) is 0 Å². The van der Waals surface area contributed by atoms with Crippen molar-refractivity contribution in [1.82, 2.24) is 10.2 Å². The lowest BCUT2D eigenvalue weighted by atomic mass is 10.1. The van der Waals surface area contributed by atoms with Crippen LogP contribution in [0.15, 0.2) is 0 Å². The highest BCUT2D eigenvalue weighted by Crippen LogP contribution is 2.10. The molecule has 1 aromatic heterocycles. The molecule has 3 N–H and O–H groups in total. The topological polar surface area (TPSA) is 54.7 Å². The number of hydrogen-bond donors (Lipinski definition) is 2. The summed E-state index contributed by atoms with van der Waals surface area (Å²) in [5.74, 6) is 0. The van der Waals surface area contributed by atoms with Crippen LogP contribution in [0.25, 0.3) is 0 Å². The zero-order valence-corrected chi connectivity index (χ0v) is 7.15. The predicted molar refractivity (Wildman–Crippen MR) is 45.4 cm³/mol. The Balaban J connectivity index is 2.67. The molecule has 0 saturated carbocycles. The lowest BCUT2D eigenvalue weighted by Crippen LogP contribution is -2.01. The van der Waals surface area contributed by atoms with Gasteiger partial charge >= 0.3 is 0 Å². The van der Waals surface area contributed by atoms with E-state index in [9.17, 15) is 0 Å². The zero-order valence-electron chi connectivity index (χ0n) is 7.15. The van der Waals surface area contributed by atoms with Gasteiger partial charge < -0.3 is 5.73 Å². The lowest BCUT2D eigenvalue weighted by molar-refractivity contribution is 0.824. The maximum Gasteiger partial charge on any atom is 0.0625 e. The van der Waals surface area contributed by atoms with E-state index in [1.54, 1.807) is 0 Å². The third-order valence-electron chi connectivity index (χ3n) is 1.91. The molecule has 62 valence electrons. The van der Waals surface area contributed by atoms with Gasteiger partial charge in [-0.15, -0.1) is 0 Å². The zero-order chi connectivity index (χ0) is 8.27. The molecule has 1 rings (SSSR count). The fourth-order valence-corrected chi connectivity index (χ4v) is 1.22. The number of aryl methyl sites for hydroxylation is 2. The van der Waals surface area contributed by atoms with Crippen LogP contribution in [-0.2, 0) is 6.42 Å². The van der Waals surface area contributed by atoms with Gasteiger partial charge in [0, 0.05) is 5.69 Å². The van der Waals surface area contributed by atoms with Gasteiger partial charge in [0.05, 0.1) is 5.69 Å². The van der Waals surface area contributed by atoms with E-state index in [1.807, 2.05) is 13.8 Å². The summed E-state index contributed by atoms with van der Waals surface area (Å²) < 4.78 is 0. The molecule has 11 heavy (non-hydrogen) atoms. The maximum absolute atomic E-state index is 5.41. The molecule has 0 amide bonds. The van der Waals surface area contributed by atoms with Gasteiger partial charge in [-0.2, -0.15) is 5.10 Å². The van der Waals surface area contributed by atoms with Crippen molar-refractivity contribution in [2.24, 2.45) is 5.73 Å². The van der Waals surface area contributed by atoms with Crippen LogP contribution in [0.5, 0.6) is 0 Å². The van der Waals surface area contributed by atoms with Gasteiger partial charge in [0.15, 0.2) is 0 Å². The van der Waals surface area contributed by atoms with Crippen molar-refractivity contribution in [3.05, 3.63) is 17.0 Å². The Labute approximate surface area is 67.0 Å². The molecular formula is C8H15N3. The van der Waals surface area contributed by atoms with Crippen LogP contribution in [0, 0.1) is 13.8 Å². The summed E-state index contributed by atoms with van der Waals surface area (Å²) >= 11 is 0. The second kappa shape index (κ2) is 3.53. The first kappa shape index (κ1) is 8.27. The lowest BCUT2D eigenvalue weighted by Gasteiger charge is -1.97. The first-order valence-corrected chi connectivity index (χ1v) is 3.96. The fourth-order valence-electron chi connectivity index (χ4n) is 1.22. The molecular weight excluding hydrogens is 138 g/mol. The molecule has 0 aromatic carbocycles. The molecule has 3 heteroatoms. The second-order valence-corrected chi connectivity index (χ2v) is 2.80. The maximum atomic E-state index is 5.41. The highest BCUT2D eigenvalue weighted by Gasteiger charge is 2.03. The molecule has 0 bridgehead atoms. The Morgan fingerprint density at radius 2 is 2.18 bits per heavy atom. The first-order valence-electron chi connectivity index (χ1n) is 3.96.